The summed E-state index contributed by atoms with van der Waals surface area (Å²) in [5.74, 6) is 0.348. The Hall–Kier alpha value is -2.97. The van der Waals surface area contributed by atoms with Crippen LogP contribution in [0.25, 0.3) is 16.3 Å². The molecule has 0 spiro atoms. The normalized spacial score (nSPS) is 10.8. The largest absolute Gasteiger partial charge is 0.465 e. The molecule has 0 aliphatic heterocycles. The molecule has 2 aromatic carbocycles. The number of rotatable bonds is 6. The molecule has 28 heavy (non-hydrogen) atoms. The number of thioether (sulfide) groups is 1. The summed E-state index contributed by atoms with van der Waals surface area (Å²) in [7, 11) is 1.37. The molecule has 140 valence electrons. The first kappa shape index (κ1) is 18.4. The van der Waals surface area contributed by atoms with E-state index in [2.05, 4.69) is 15.1 Å². The number of para-hydroxylation sites is 1. The van der Waals surface area contributed by atoms with Crippen LogP contribution in [0.1, 0.15) is 16.1 Å². The lowest BCUT2D eigenvalue weighted by Gasteiger charge is -2.00. The Morgan fingerprint density at radius 2 is 1.93 bits per heavy atom. The van der Waals surface area contributed by atoms with Gasteiger partial charge < -0.3 is 4.74 Å². The number of thiazole rings is 1. The van der Waals surface area contributed by atoms with Gasteiger partial charge in [0, 0.05) is 16.7 Å². The Morgan fingerprint density at radius 3 is 2.68 bits per heavy atom. The standard InChI is InChI=1S/C20H16N4O2S2/c1-26-19(25)15-9-7-14(8-10-15)18-22-16(11-27-18)12-28-20-21-13-24(23-20)17-5-3-2-4-6-17/h2-11,13H,12H2,1H3. The van der Waals surface area contributed by atoms with Crippen molar-refractivity contribution in [2.45, 2.75) is 10.9 Å². The number of ether oxygens (including phenoxy) is 1. The highest BCUT2D eigenvalue weighted by atomic mass is 32.2. The zero-order chi connectivity index (χ0) is 19.3. The minimum absolute atomic E-state index is 0.342. The van der Waals surface area contributed by atoms with Crippen molar-refractivity contribution in [1.82, 2.24) is 19.7 Å². The summed E-state index contributed by atoms with van der Waals surface area (Å²) in [6.45, 7) is 0. The Balaban J connectivity index is 1.40. The number of esters is 1. The van der Waals surface area contributed by atoms with Crippen LogP contribution in [0.2, 0.25) is 0 Å². The fraction of sp³-hybridized carbons (Fsp3) is 0.100. The number of benzene rings is 2. The molecule has 0 amide bonds. The maximum atomic E-state index is 11.5. The SMILES string of the molecule is COC(=O)c1ccc(-c2nc(CSc3ncn(-c4ccccc4)n3)cs2)cc1. The highest BCUT2D eigenvalue weighted by molar-refractivity contribution is 7.98. The lowest BCUT2D eigenvalue weighted by molar-refractivity contribution is 0.0601. The molecule has 8 heteroatoms. The summed E-state index contributed by atoms with van der Waals surface area (Å²) in [5.41, 5.74) is 3.45. The Bertz CT molecular complexity index is 1080. The van der Waals surface area contributed by atoms with Crippen molar-refractivity contribution in [2.24, 2.45) is 0 Å². The zero-order valence-electron chi connectivity index (χ0n) is 15.0. The van der Waals surface area contributed by atoms with Crippen LogP contribution >= 0.6 is 23.1 Å². The van der Waals surface area contributed by atoms with Crippen molar-refractivity contribution in [1.29, 1.82) is 0 Å². The minimum Gasteiger partial charge on any atom is -0.465 e. The van der Waals surface area contributed by atoms with Gasteiger partial charge in [-0.25, -0.2) is 19.4 Å². The third-order valence-corrected chi connectivity index (χ3v) is 5.77. The first-order chi connectivity index (χ1) is 13.7. The van der Waals surface area contributed by atoms with Crippen LogP contribution in [-0.2, 0) is 10.5 Å². The van der Waals surface area contributed by atoms with Gasteiger partial charge in [0.15, 0.2) is 0 Å². The van der Waals surface area contributed by atoms with Crippen LogP contribution in [0.3, 0.4) is 0 Å². The molecule has 0 bridgehead atoms. The number of methoxy groups -OCH3 is 1. The molecule has 0 saturated carbocycles. The maximum absolute atomic E-state index is 11.5. The van der Waals surface area contributed by atoms with Crippen LogP contribution < -0.4 is 0 Å². The number of carbonyl (C=O) groups is 1. The number of hydrogen-bond acceptors (Lipinski definition) is 7. The first-order valence-electron chi connectivity index (χ1n) is 8.46. The van der Waals surface area contributed by atoms with Crippen molar-refractivity contribution in [3.05, 3.63) is 77.6 Å². The van der Waals surface area contributed by atoms with Gasteiger partial charge in [0.2, 0.25) is 5.16 Å². The van der Waals surface area contributed by atoms with Gasteiger partial charge >= 0.3 is 5.97 Å². The number of carbonyl (C=O) groups excluding carboxylic acids is 1. The molecule has 0 atom stereocenters. The molecule has 2 aromatic heterocycles. The van der Waals surface area contributed by atoms with E-state index < -0.39 is 0 Å². The molecule has 0 N–H and O–H groups in total. The predicted octanol–water partition coefficient (Wildman–Crippen LogP) is 4.47. The van der Waals surface area contributed by atoms with Crippen molar-refractivity contribution in [3.63, 3.8) is 0 Å². The summed E-state index contributed by atoms with van der Waals surface area (Å²) < 4.78 is 6.48. The monoisotopic (exact) mass is 408 g/mol. The highest BCUT2D eigenvalue weighted by Crippen LogP contribution is 2.27. The average molecular weight is 409 g/mol. The van der Waals surface area contributed by atoms with E-state index >= 15 is 0 Å². The predicted molar refractivity (Wildman–Crippen MR) is 110 cm³/mol. The van der Waals surface area contributed by atoms with Gasteiger partial charge in [-0.3, -0.25) is 0 Å². The minimum atomic E-state index is -0.342. The second kappa shape index (κ2) is 8.37. The molecule has 0 aliphatic rings. The van der Waals surface area contributed by atoms with E-state index in [1.54, 1.807) is 46.2 Å². The van der Waals surface area contributed by atoms with Crippen molar-refractivity contribution in [2.75, 3.05) is 7.11 Å². The Labute approximate surface area is 170 Å². The Morgan fingerprint density at radius 1 is 1.14 bits per heavy atom. The fourth-order valence-corrected chi connectivity index (χ4v) is 4.15. The fourth-order valence-electron chi connectivity index (χ4n) is 2.53. The molecule has 6 nitrogen and oxygen atoms in total. The molecule has 4 aromatic rings. The summed E-state index contributed by atoms with van der Waals surface area (Å²) in [5, 5.41) is 8.15. The molecule has 0 radical (unpaired) electrons. The van der Waals surface area contributed by atoms with Gasteiger partial charge in [0.05, 0.1) is 24.1 Å². The van der Waals surface area contributed by atoms with Gasteiger partial charge in [-0.15, -0.1) is 16.4 Å². The summed E-state index contributed by atoms with van der Waals surface area (Å²) in [4.78, 5) is 20.6. The van der Waals surface area contributed by atoms with E-state index in [0.29, 0.717) is 16.5 Å². The molecule has 2 heterocycles. The first-order valence-corrected chi connectivity index (χ1v) is 10.3. The van der Waals surface area contributed by atoms with Crippen molar-refractivity contribution in [3.8, 4) is 16.3 Å². The highest BCUT2D eigenvalue weighted by Gasteiger charge is 2.10. The number of nitrogens with zero attached hydrogens (tertiary/aromatic N) is 4. The third kappa shape index (κ3) is 4.13. The molecule has 0 saturated heterocycles. The van der Waals surface area contributed by atoms with Gasteiger partial charge in [0.1, 0.15) is 11.3 Å². The van der Waals surface area contributed by atoms with Crippen LogP contribution in [0.5, 0.6) is 0 Å². The molecular formula is C20H16N4O2S2. The summed E-state index contributed by atoms with van der Waals surface area (Å²) in [6, 6.07) is 17.1. The van der Waals surface area contributed by atoms with Crippen LogP contribution in [0.4, 0.5) is 0 Å². The second-order valence-corrected chi connectivity index (χ2v) is 7.61. The van der Waals surface area contributed by atoms with Gasteiger partial charge in [-0.2, -0.15) is 0 Å². The summed E-state index contributed by atoms with van der Waals surface area (Å²) in [6.07, 6.45) is 1.72. The third-order valence-electron chi connectivity index (χ3n) is 3.95. The second-order valence-electron chi connectivity index (χ2n) is 5.81. The molecular weight excluding hydrogens is 392 g/mol. The maximum Gasteiger partial charge on any atom is 0.337 e. The van der Waals surface area contributed by atoms with E-state index in [1.807, 2.05) is 47.8 Å². The average Bonchev–Trinajstić information content (AvgIpc) is 3.42. The number of aromatic nitrogens is 4. The van der Waals surface area contributed by atoms with E-state index in [9.17, 15) is 4.79 Å². The lowest BCUT2D eigenvalue weighted by atomic mass is 10.1. The molecule has 0 aliphatic carbocycles. The lowest BCUT2D eigenvalue weighted by Crippen LogP contribution is -2.00. The van der Waals surface area contributed by atoms with Crippen LogP contribution in [-0.4, -0.2) is 32.8 Å². The van der Waals surface area contributed by atoms with E-state index in [4.69, 9.17) is 4.74 Å². The molecule has 0 unspecified atom stereocenters. The van der Waals surface area contributed by atoms with Gasteiger partial charge in [0.25, 0.3) is 0 Å². The van der Waals surface area contributed by atoms with Crippen LogP contribution in [0.15, 0.2) is 71.5 Å². The quantitative estimate of drug-likeness (QED) is 0.346. The molecule has 0 fully saturated rings. The topological polar surface area (TPSA) is 69.9 Å². The van der Waals surface area contributed by atoms with E-state index in [-0.39, 0.29) is 5.97 Å². The number of hydrogen-bond donors (Lipinski definition) is 0. The zero-order valence-corrected chi connectivity index (χ0v) is 16.6. The van der Waals surface area contributed by atoms with E-state index in [1.165, 1.54) is 7.11 Å². The van der Waals surface area contributed by atoms with E-state index in [0.717, 1.165) is 22.0 Å². The van der Waals surface area contributed by atoms with Crippen molar-refractivity contribution < 1.29 is 9.53 Å². The van der Waals surface area contributed by atoms with Crippen LogP contribution in [0, 0.1) is 0 Å². The van der Waals surface area contributed by atoms with Gasteiger partial charge in [-0.05, 0) is 24.3 Å². The van der Waals surface area contributed by atoms with Gasteiger partial charge in [-0.1, -0.05) is 42.1 Å². The molecule has 4 rings (SSSR count). The summed E-state index contributed by atoms with van der Waals surface area (Å²) >= 11 is 3.12. The Kier molecular flexibility index (Phi) is 5.50. The smallest absolute Gasteiger partial charge is 0.337 e. The van der Waals surface area contributed by atoms with Crippen molar-refractivity contribution >= 4 is 29.1 Å².